The quantitative estimate of drug-likeness (QED) is 0.418. The van der Waals surface area contributed by atoms with E-state index >= 15 is 0 Å². The van der Waals surface area contributed by atoms with Crippen molar-refractivity contribution in [3.63, 3.8) is 0 Å². The van der Waals surface area contributed by atoms with Crippen LogP contribution in [0.5, 0.6) is 0 Å². The SMILES string of the molecule is Brc1ccc(-c2ccc3oc4ccccc4c3c2)cc1. The third-order valence-electron chi connectivity index (χ3n) is 3.55. The first-order chi connectivity index (χ1) is 9.81. The van der Waals surface area contributed by atoms with Gasteiger partial charge < -0.3 is 4.42 Å². The molecule has 96 valence electrons. The molecule has 0 aliphatic rings. The van der Waals surface area contributed by atoms with E-state index in [-0.39, 0.29) is 0 Å². The van der Waals surface area contributed by atoms with Crippen molar-refractivity contribution in [1.29, 1.82) is 0 Å². The molecule has 4 rings (SSSR count). The standard InChI is InChI=1S/C18H11BrO/c19-14-8-5-12(6-9-14)13-7-10-18-16(11-13)15-3-1-2-4-17(15)20-18/h1-11H. The molecule has 0 radical (unpaired) electrons. The van der Waals surface area contributed by atoms with Crippen molar-refractivity contribution in [2.45, 2.75) is 0 Å². The Hall–Kier alpha value is -2.06. The largest absolute Gasteiger partial charge is 0.456 e. The van der Waals surface area contributed by atoms with Gasteiger partial charge in [0, 0.05) is 15.2 Å². The van der Waals surface area contributed by atoms with E-state index in [4.69, 9.17) is 4.42 Å². The number of fused-ring (bicyclic) bond motifs is 3. The maximum atomic E-state index is 5.85. The molecule has 0 fully saturated rings. The molecule has 20 heavy (non-hydrogen) atoms. The fourth-order valence-electron chi connectivity index (χ4n) is 2.55. The summed E-state index contributed by atoms with van der Waals surface area (Å²) in [4.78, 5) is 0. The van der Waals surface area contributed by atoms with Gasteiger partial charge in [-0.15, -0.1) is 0 Å². The first-order valence-corrected chi connectivity index (χ1v) is 7.28. The van der Waals surface area contributed by atoms with Gasteiger partial charge in [-0.05, 0) is 41.5 Å². The van der Waals surface area contributed by atoms with Crippen molar-refractivity contribution in [2.75, 3.05) is 0 Å². The molecule has 0 unspecified atom stereocenters. The van der Waals surface area contributed by atoms with Crippen molar-refractivity contribution in [3.05, 3.63) is 71.2 Å². The highest BCUT2D eigenvalue weighted by atomic mass is 79.9. The van der Waals surface area contributed by atoms with E-state index in [0.29, 0.717) is 0 Å². The van der Waals surface area contributed by atoms with E-state index in [9.17, 15) is 0 Å². The van der Waals surface area contributed by atoms with Gasteiger partial charge in [0.1, 0.15) is 11.2 Å². The predicted octanol–water partition coefficient (Wildman–Crippen LogP) is 6.02. The number of benzene rings is 3. The van der Waals surface area contributed by atoms with Gasteiger partial charge in [0.05, 0.1) is 0 Å². The Morgan fingerprint density at radius 3 is 2.20 bits per heavy atom. The summed E-state index contributed by atoms with van der Waals surface area (Å²) in [7, 11) is 0. The Balaban J connectivity index is 1.97. The Morgan fingerprint density at radius 2 is 1.35 bits per heavy atom. The van der Waals surface area contributed by atoms with Crippen LogP contribution in [0.4, 0.5) is 0 Å². The molecular formula is C18H11BrO. The van der Waals surface area contributed by atoms with E-state index in [0.717, 1.165) is 15.6 Å². The molecule has 3 aromatic carbocycles. The number of hydrogen-bond acceptors (Lipinski definition) is 1. The van der Waals surface area contributed by atoms with Crippen molar-refractivity contribution < 1.29 is 4.42 Å². The van der Waals surface area contributed by atoms with Gasteiger partial charge in [0.15, 0.2) is 0 Å². The summed E-state index contributed by atoms with van der Waals surface area (Å²) in [6.07, 6.45) is 0. The van der Waals surface area contributed by atoms with E-state index < -0.39 is 0 Å². The van der Waals surface area contributed by atoms with E-state index in [1.54, 1.807) is 0 Å². The Bertz CT molecular complexity index is 904. The van der Waals surface area contributed by atoms with Crippen LogP contribution in [0.25, 0.3) is 33.1 Å². The molecule has 0 spiro atoms. The number of hydrogen-bond donors (Lipinski definition) is 0. The third kappa shape index (κ3) is 1.84. The normalized spacial score (nSPS) is 11.2. The number of rotatable bonds is 1. The summed E-state index contributed by atoms with van der Waals surface area (Å²) in [6, 6.07) is 22.9. The Labute approximate surface area is 125 Å². The lowest BCUT2D eigenvalue weighted by atomic mass is 10.0. The maximum Gasteiger partial charge on any atom is 0.135 e. The van der Waals surface area contributed by atoms with Crippen LogP contribution < -0.4 is 0 Å². The molecule has 4 aromatic rings. The summed E-state index contributed by atoms with van der Waals surface area (Å²) in [5.74, 6) is 0. The van der Waals surface area contributed by atoms with Crippen LogP contribution in [-0.4, -0.2) is 0 Å². The highest BCUT2D eigenvalue weighted by Crippen LogP contribution is 2.32. The summed E-state index contributed by atoms with van der Waals surface area (Å²) in [5.41, 5.74) is 4.29. The number of furan rings is 1. The lowest BCUT2D eigenvalue weighted by Crippen LogP contribution is -1.77. The average molecular weight is 323 g/mol. The van der Waals surface area contributed by atoms with Crippen LogP contribution in [0.3, 0.4) is 0 Å². The second kappa shape index (κ2) is 4.50. The van der Waals surface area contributed by atoms with Crippen LogP contribution in [0, 0.1) is 0 Å². The Kier molecular flexibility index (Phi) is 2.64. The molecule has 1 nitrogen and oxygen atoms in total. The molecule has 0 bridgehead atoms. The van der Waals surface area contributed by atoms with Crippen molar-refractivity contribution >= 4 is 37.9 Å². The third-order valence-corrected chi connectivity index (χ3v) is 4.08. The number of halogens is 1. The van der Waals surface area contributed by atoms with E-state index in [2.05, 4.69) is 58.4 Å². The highest BCUT2D eigenvalue weighted by molar-refractivity contribution is 9.10. The van der Waals surface area contributed by atoms with Crippen LogP contribution in [-0.2, 0) is 0 Å². The summed E-state index contributed by atoms with van der Waals surface area (Å²) < 4.78 is 6.95. The van der Waals surface area contributed by atoms with Crippen LogP contribution >= 0.6 is 15.9 Å². The van der Waals surface area contributed by atoms with Crippen molar-refractivity contribution in [3.8, 4) is 11.1 Å². The van der Waals surface area contributed by atoms with Crippen molar-refractivity contribution in [2.24, 2.45) is 0 Å². The van der Waals surface area contributed by atoms with Crippen LogP contribution in [0.1, 0.15) is 0 Å². The second-order valence-electron chi connectivity index (χ2n) is 4.82. The van der Waals surface area contributed by atoms with Gasteiger partial charge in [0.25, 0.3) is 0 Å². The molecule has 0 amide bonds. The van der Waals surface area contributed by atoms with E-state index in [1.807, 2.05) is 24.3 Å². The molecule has 1 heterocycles. The zero-order chi connectivity index (χ0) is 13.5. The fourth-order valence-corrected chi connectivity index (χ4v) is 2.81. The maximum absolute atomic E-state index is 5.85. The minimum atomic E-state index is 0.937. The zero-order valence-electron chi connectivity index (χ0n) is 10.6. The fraction of sp³-hybridized carbons (Fsp3) is 0. The molecule has 2 heteroatoms. The first-order valence-electron chi connectivity index (χ1n) is 6.48. The molecular weight excluding hydrogens is 312 g/mol. The van der Waals surface area contributed by atoms with Crippen LogP contribution in [0.2, 0.25) is 0 Å². The average Bonchev–Trinajstić information content (AvgIpc) is 2.86. The zero-order valence-corrected chi connectivity index (χ0v) is 12.2. The molecule has 0 aliphatic carbocycles. The topological polar surface area (TPSA) is 13.1 Å². The van der Waals surface area contributed by atoms with E-state index in [1.165, 1.54) is 21.9 Å². The van der Waals surface area contributed by atoms with Gasteiger partial charge >= 0.3 is 0 Å². The Morgan fingerprint density at radius 1 is 0.650 bits per heavy atom. The van der Waals surface area contributed by atoms with Gasteiger partial charge in [0.2, 0.25) is 0 Å². The van der Waals surface area contributed by atoms with Gasteiger partial charge in [-0.25, -0.2) is 0 Å². The van der Waals surface area contributed by atoms with Crippen LogP contribution in [0.15, 0.2) is 75.6 Å². The van der Waals surface area contributed by atoms with Crippen molar-refractivity contribution in [1.82, 2.24) is 0 Å². The molecule has 1 aromatic heterocycles. The van der Waals surface area contributed by atoms with Gasteiger partial charge in [-0.3, -0.25) is 0 Å². The minimum absolute atomic E-state index is 0.937. The minimum Gasteiger partial charge on any atom is -0.456 e. The lowest BCUT2D eigenvalue weighted by molar-refractivity contribution is 0.669. The molecule has 0 saturated heterocycles. The molecule has 0 aliphatic heterocycles. The lowest BCUT2D eigenvalue weighted by Gasteiger charge is -2.02. The summed E-state index contributed by atoms with van der Waals surface area (Å²) >= 11 is 3.47. The molecule has 0 N–H and O–H groups in total. The molecule has 0 saturated carbocycles. The predicted molar refractivity (Wildman–Crippen MR) is 86.9 cm³/mol. The number of para-hydroxylation sites is 1. The monoisotopic (exact) mass is 322 g/mol. The summed E-state index contributed by atoms with van der Waals surface area (Å²) in [5, 5.41) is 2.34. The second-order valence-corrected chi connectivity index (χ2v) is 5.73. The molecule has 0 atom stereocenters. The summed E-state index contributed by atoms with van der Waals surface area (Å²) in [6.45, 7) is 0. The first kappa shape index (κ1) is 11.7. The smallest absolute Gasteiger partial charge is 0.135 e. The highest BCUT2D eigenvalue weighted by Gasteiger charge is 2.07. The van der Waals surface area contributed by atoms with Gasteiger partial charge in [-0.1, -0.05) is 52.3 Å². The van der Waals surface area contributed by atoms with Gasteiger partial charge in [-0.2, -0.15) is 0 Å².